The maximum atomic E-state index is 13.1. The number of sulfonamides is 1. The molecule has 0 bridgehead atoms. The van der Waals surface area contributed by atoms with Gasteiger partial charge in [0.25, 0.3) is 5.91 Å². The Labute approximate surface area is 200 Å². The monoisotopic (exact) mass is 489 g/mol. The fourth-order valence-corrected chi connectivity index (χ4v) is 5.00. The molecule has 2 N–H and O–H groups in total. The van der Waals surface area contributed by atoms with Crippen LogP contribution in [0.15, 0.2) is 53.4 Å². The van der Waals surface area contributed by atoms with E-state index in [4.69, 9.17) is 0 Å². The predicted molar refractivity (Wildman–Crippen MR) is 129 cm³/mol. The molecule has 2 aromatic carbocycles. The predicted octanol–water partition coefficient (Wildman–Crippen LogP) is 4.18. The Hall–Kier alpha value is -2.78. The van der Waals surface area contributed by atoms with E-state index in [2.05, 4.69) is 17.0 Å². The van der Waals surface area contributed by atoms with Crippen LogP contribution in [0.2, 0.25) is 0 Å². The first-order valence-corrected chi connectivity index (χ1v) is 13.2. The minimum Gasteiger partial charge on any atom is -0.339 e. The topological polar surface area (TPSA) is 95.6 Å². The minimum atomic E-state index is -3.57. The first-order chi connectivity index (χ1) is 16.3. The second kappa shape index (κ2) is 12.1. The lowest BCUT2D eigenvalue weighted by molar-refractivity contribution is -0.121. The second-order valence-corrected chi connectivity index (χ2v) is 10.3. The van der Waals surface area contributed by atoms with E-state index in [0.29, 0.717) is 43.7 Å². The van der Waals surface area contributed by atoms with Gasteiger partial charge < -0.3 is 10.2 Å². The molecule has 1 fully saturated rings. The number of carbonyl (C=O) groups is 2. The average Bonchev–Trinajstić information content (AvgIpc) is 2.84. The molecule has 2 amide bonds. The number of nitrogens with zero attached hydrogens (tertiary/aromatic N) is 1. The van der Waals surface area contributed by atoms with Crippen molar-refractivity contribution < 1.29 is 22.4 Å². The smallest absolute Gasteiger partial charge is 0.253 e. The van der Waals surface area contributed by atoms with Gasteiger partial charge in [0.05, 0.1) is 4.90 Å². The summed E-state index contributed by atoms with van der Waals surface area (Å²) in [6.07, 6.45) is 5.01. The summed E-state index contributed by atoms with van der Waals surface area (Å²) in [7, 11) is -3.57. The van der Waals surface area contributed by atoms with Crippen molar-refractivity contribution in [1.29, 1.82) is 0 Å². The van der Waals surface area contributed by atoms with Crippen molar-refractivity contribution in [3.8, 4) is 0 Å². The highest BCUT2D eigenvalue weighted by molar-refractivity contribution is 7.89. The minimum absolute atomic E-state index is 0.154. The van der Waals surface area contributed by atoms with E-state index < -0.39 is 15.8 Å². The van der Waals surface area contributed by atoms with Crippen LogP contribution in [-0.4, -0.2) is 44.8 Å². The van der Waals surface area contributed by atoms with Crippen molar-refractivity contribution in [3.05, 3.63) is 59.9 Å². The first kappa shape index (κ1) is 25.8. The van der Waals surface area contributed by atoms with Crippen molar-refractivity contribution in [2.75, 3.05) is 25.0 Å². The number of likely N-dealkylation sites (tertiary alicyclic amines) is 1. The molecule has 34 heavy (non-hydrogen) atoms. The number of halogens is 1. The largest absolute Gasteiger partial charge is 0.339 e. The van der Waals surface area contributed by atoms with Crippen molar-refractivity contribution in [2.45, 2.75) is 50.3 Å². The van der Waals surface area contributed by atoms with Gasteiger partial charge in [-0.05, 0) is 67.8 Å². The summed E-state index contributed by atoms with van der Waals surface area (Å²) in [5.41, 5.74) is 0.950. The number of benzene rings is 2. The highest BCUT2D eigenvalue weighted by Gasteiger charge is 2.28. The zero-order valence-corrected chi connectivity index (χ0v) is 20.2. The van der Waals surface area contributed by atoms with Crippen LogP contribution in [0.25, 0.3) is 0 Å². The Morgan fingerprint density at radius 3 is 2.24 bits per heavy atom. The summed E-state index contributed by atoms with van der Waals surface area (Å²) < 4.78 is 40.5. The molecule has 0 atom stereocenters. The molecule has 184 valence electrons. The lowest BCUT2D eigenvalue weighted by atomic mass is 9.95. The van der Waals surface area contributed by atoms with E-state index in [0.717, 1.165) is 25.7 Å². The van der Waals surface area contributed by atoms with Gasteiger partial charge in [0.2, 0.25) is 15.9 Å². The Morgan fingerprint density at radius 1 is 0.971 bits per heavy atom. The van der Waals surface area contributed by atoms with Crippen molar-refractivity contribution in [2.24, 2.45) is 5.92 Å². The number of carbonyl (C=O) groups excluding carboxylic acids is 2. The standard InChI is InChI=1S/C25H32FN3O4S/c1-2-3-4-5-16-27-34(32,33)23-12-10-22(11-13-23)28-24(30)19-14-17-29(18-15-19)25(31)20-6-8-21(26)9-7-20/h6-13,19,27H,2-5,14-18H2,1H3,(H,28,30). The number of amides is 2. The number of piperidine rings is 1. The van der Waals surface area contributed by atoms with Gasteiger partial charge in [0, 0.05) is 36.8 Å². The Bertz CT molecular complexity index is 1060. The fourth-order valence-electron chi connectivity index (χ4n) is 3.92. The quantitative estimate of drug-likeness (QED) is 0.490. The van der Waals surface area contributed by atoms with E-state index in [1.54, 1.807) is 17.0 Å². The number of hydrogen-bond acceptors (Lipinski definition) is 4. The van der Waals surface area contributed by atoms with Gasteiger partial charge in [-0.15, -0.1) is 0 Å². The van der Waals surface area contributed by atoms with E-state index in [9.17, 15) is 22.4 Å². The van der Waals surface area contributed by atoms with Crippen LogP contribution < -0.4 is 10.0 Å². The molecular formula is C25H32FN3O4S. The molecule has 1 saturated heterocycles. The van der Waals surface area contributed by atoms with E-state index in [1.165, 1.54) is 36.4 Å². The molecule has 2 aromatic rings. The van der Waals surface area contributed by atoms with Crippen LogP contribution in [0, 0.1) is 11.7 Å². The maximum Gasteiger partial charge on any atom is 0.253 e. The van der Waals surface area contributed by atoms with E-state index >= 15 is 0 Å². The van der Waals surface area contributed by atoms with Crippen molar-refractivity contribution in [1.82, 2.24) is 9.62 Å². The molecule has 0 spiro atoms. The summed E-state index contributed by atoms with van der Waals surface area (Å²) in [5.74, 6) is -0.963. The Balaban J connectivity index is 1.47. The van der Waals surface area contributed by atoms with Crippen LogP contribution >= 0.6 is 0 Å². The highest BCUT2D eigenvalue weighted by Crippen LogP contribution is 2.22. The molecule has 0 radical (unpaired) electrons. The van der Waals surface area contributed by atoms with Gasteiger partial charge in [-0.1, -0.05) is 26.2 Å². The normalized spacial score (nSPS) is 14.7. The third-order valence-electron chi connectivity index (χ3n) is 6.00. The van der Waals surface area contributed by atoms with Crippen LogP contribution in [0.5, 0.6) is 0 Å². The number of rotatable bonds is 10. The number of anilines is 1. The zero-order valence-electron chi connectivity index (χ0n) is 19.4. The lowest BCUT2D eigenvalue weighted by Crippen LogP contribution is -2.41. The fraction of sp³-hybridized carbons (Fsp3) is 0.440. The first-order valence-electron chi connectivity index (χ1n) is 11.8. The van der Waals surface area contributed by atoms with Gasteiger partial charge in [0.1, 0.15) is 5.82 Å². The van der Waals surface area contributed by atoms with Crippen LogP contribution in [0.1, 0.15) is 55.8 Å². The Morgan fingerprint density at radius 2 is 1.62 bits per heavy atom. The Kier molecular flexibility index (Phi) is 9.18. The zero-order chi connectivity index (χ0) is 24.6. The second-order valence-electron chi connectivity index (χ2n) is 8.55. The lowest BCUT2D eigenvalue weighted by Gasteiger charge is -2.31. The molecule has 3 rings (SSSR count). The SMILES string of the molecule is CCCCCCNS(=O)(=O)c1ccc(NC(=O)C2CCN(C(=O)c3ccc(F)cc3)CC2)cc1. The third-order valence-corrected chi connectivity index (χ3v) is 7.48. The molecule has 0 unspecified atom stereocenters. The van der Waals surface area contributed by atoms with Crippen LogP contribution in [-0.2, 0) is 14.8 Å². The van der Waals surface area contributed by atoms with Gasteiger partial charge in [0.15, 0.2) is 0 Å². The van der Waals surface area contributed by atoms with Crippen molar-refractivity contribution >= 4 is 27.5 Å². The summed E-state index contributed by atoms with van der Waals surface area (Å²) in [6.45, 7) is 3.39. The molecule has 7 nitrogen and oxygen atoms in total. The maximum absolute atomic E-state index is 13.1. The van der Waals surface area contributed by atoms with Crippen molar-refractivity contribution in [3.63, 3.8) is 0 Å². The average molecular weight is 490 g/mol. The summed E-state index contributed by atoms with van der Waals surface area (Å²) in [5, 5.41) is 2.84. The third kappa shape index (κ3) is 7.11. The van der Waals surface area contributed by atoms with E-state index in [-0.39, 0.29) is 22.6 Å². The summed E-state index contributed by atoms with van der Waals surface area (Å²) in [6, 6.07) is 11.6. The van der Waals surface area contributed by atoms with Gasteiger partial charge >= 0.3 is 0 Å². The number of unbranched alkanes of at least 4 members (excludes halogenated alkanes) is 3. The van der Waals surface area contributed by atoms with Crippen LogP contribution in [0.4, 0.5) is 10.1 Å². The van der Waals surface area contributed by atoms with Gasteiger partial charge in [-0.2, -0.15) is 0 Å². The molecule has 0 aromatic heterocycles. The van der Waals surface area contributed by atoms with Crippen LogP contribution in [0.3, 0.4) is 0 Å². The highest BCUT2D eigenvalue weighted by atomic mass is 32.2. The molecule has 1 aliphatic rings. The number of hydrogen-bond donors (Lipinski definition) is 2. The molecule has 9 heteroatoms. The molecule has 1 aliphatic heterocycles. The summed E-state index contributed by atoms with van der Waals surface area (Å²) in [4.78, 5) is 27.1. The number of nitrogens with one attached hydrogen (secondary N) is 2. The molecule has 0 aliphatic carbocycles. The molecular weight excluding hydrogens is 457 g/mol. The molecule has 0 saturated carbocycles. The van der Waals surface area contributed by atoms with E-state index in [1.807, 2.05) is 0 Å². The summed E-state index contributed by atoms with van der Waals surface area (Å²) >= 11 is 0. The van der Waals surface area contributed by atoms with Gasteiger partial charge in [-0.25, -0.2) is 17.5 Å². The van der Waals surface area contributed by atoms with Gasteiger partial charge in [-0.3, -0.25) is 9.59 Å². The molecule has 1 heterocycles.